The van der Waals surface area contributed by atoms with Crippen molar-refractivity contribution >= 4 is 33.2 Å². The summed E-state index contributed by atoms with van der Waals surface area (Å²) < 4.78 is 10.9. The molecule has 18 heavy (non-hydrogen) atoms. The van der Waals surface area contributed by atoms with Gasteiger partial charge < -0.3 is 14.4 Å². The van der Waals surface area contributed by atoms with Gasteiger partial charge in [0.25, 0.3) is 0 Å². The fourth-order valence-corrected chi connectivity index (χ4v) is 3.14. The molecule has 100 valence electrons. The number of methoxy groups -OCH3 is 2. The quantitative estimate of drug-likeness (QED) is 0.790. The van der Waals surface area contributed by atoms with E-state index in [1.54, 1.807) is 14.2 Å². The van der Waals surface area contributed by atoms with E-state index in [-0.39, 0.29) is 12.2 Å². The van der Waals surface area contributed by atoms with Crippen LogP contribution in [0.25, 0.3) is 0 Å². The molecule has 1 aromatic rings. The van der Waals surface area contributed by atoms with E-state index >= 15 is 0 Å². The third kappa shape index (κ3) is 2.82. The molecular formula is C13H17BrClNO2. The fraction of sp³-hybridized carbons (Fsp3) is 0.538. The first-order valence-electron chi connectivity index (χ1n) is 5.84. The fourth-order valence-electron chi connectivity index (χ4n) is 2.25. The van der Waals surface area contributed by atoms with Crippen molar-refractivity contribution in [3.63, 3.8) is 0 Å². The van der Waals surface area contributed by atoms with Crippen LogP contribution in [0.3, 0.4) is 0 Å². The third-order valence-corrected chi connectivity index (χ3v) is 4.32. The van der Waals surface area contributed by atoms with Crippen LogP contribution in [0, 0.1) is 0 Å². The molecule has 0 N–H and O–H groups in total. The van der Waals surface area contributed by atoms with Gasteiger partial charge in [-0.1, -0.05) is 33.6 Å². The number of anilines is 1. The summed E-state index contributed by atoms with van der Waals surface area (Å²) in [6.45, 7) is 1.66. The second-order valence-electron chi connectivity index (χ2n) is 4.36. The van der Waals surface area contributed by atoms with Crippen molar-refractivity contribution in [2.75, 3.05) is 32.2 Å². The maximum atomic E-state index is 6.23. The highest BCUT2D eigenvalue weighted by Crippen LogP contribution is 2.28. The van der Waals surface area contributed by atoms with Gasteiger partial charge in [0.2, 0.25) is 0 Å². The van der Waals surface area contributed by atoms with Crippen LogP contribution in [0.1, 0.15) is 5.56 Å². The van der Waals surface area contributed by atoms with Crippen LogP contribution in [0.15, 0.2) is 18.2 Å². The standard InChI is InChI=1S/C13H17BrClNO2/c1-17-12-7-16(8-13(12)18-2)10-4-3-9(6-14)11(15)5-10/h3-5,12-13H,6-8H2,1-2H3. The molecule has 0 amide bonds. The lowest BCUT2D eigenvalue weighted by Gasteiger charge is -2.19. The molecule has 1 fully saturated rings. The van der Waals surface area contributed by atoms with Gasteiger partial charge in [0, 0.05) is 43.3 Å². The van der Waals surface area contributed by atoms with Crippen molar-refractivity contribution in [2.45, 2.75) is 17.5 Å². The van der Waals surface area contributed by atoms with Gasteiger partial charge in [0.15, 0.2) is 0 Å². The first-order chi connectivity index (χ1) is 8.69. The summed E-state index contributed by atoms with van der Waals surface area (Å²) >= 11 is 9.65. The summed E-state index contributed by atoms with van der Waals surface area (Å²) in [7, 11) is 3.45. The number of benzene rings is 1. The van der Waals surface area contributed by atoms with Crippen LogP contribution in [0.5, 0.6) is 0 Å². The Labute approximate surface area is 121 Å². The average Bonchev–Trinajstić information content (AvgIpc) is 2.81. The molecule has 5 heteroatoms. The van der Waals surface area contributed by atoms with E-state index < -0.39 is 0 Å². The molecule has 2 unspecified atom stereocenters. The van der Waals surface area contributed by atoms with Crippen molar-refractivity contribution in [1.82, 2.24) is 0 Å². The van der Waals surface area contributed by atoms with Gasteiger partial charge in [-0.3, -0.25) is 0 Å². The number of rotatable bonds is 4. The maximum absolute atomic E-state index is 6.23. The van der Waals surface area contributed by atoms with E-state index in [1.165, 1.54) is 0 Å². The highest BCUT2D eigenvalue weighted by atomic mass is 79.9. The van der Waals surface area contributed by atoms with Crippen LogP contribution in [-0.2, 0) is 14.8 Å². The Morgan fingerprint density at radius 3 is 2.33 bits per heavy atom. The normalized spacial score (nSPS) is 23.7. The molecule has 1 aliphatic rings. The van der Waals surface area contributed by atoms with Gasteiger partial charge in [0.05, 0.1) is 0 Å². The summed E-state index contributed by atoms with van der Waals surface area (Å²) in [6, 6.07) is 6.14. The number of ether oxygens (including phenoxy) is 2. The van der Waals surface area contributed by atoms with E-state index in [9.17, 15) is 0 Å². The third-order valence-electron chi connectivity index (χ3n) is 3.37. The number of nitrogens with zero attached hydrogens (tertiary/aromatic N) is 1. The predicted octanol–water partition coefficient (Wildman–Crippen LogP) is 3.08. The van der Waals surface area contributed by atoms with E-state index in [4.69, 9.17) is 21.1 Å². The zero-order valence-electron chi connectivity index (χ0n) is 10.5. The lowest BCUT2D eigenvalue weighted by molar-refractivity contribution is -0.00461. The molecular weight excluding hydrogens is 318 g/mol. The molecule has 2 atom stereocenters. The number of halogens is 2. The Balaban J connectivity index is 2.15. The molecule has 2 rings (SSSR count). The summed E-state index contributed by atoms with van der Waals surface area (Å²) in [5.74, 6) is 0. The monoisotopic (exact) mass is 333 g/mol. The predicted molar refractivity (Wildman–Crippen MR) is 77.9 cm³/mol. The van der Waals surface area contributed by atoms with Crippen molar-refractivity contribution in [1.29, 1.82) is 0 Å². The van der Waals surface area contributed by atoms with Gasteiger partial charge in [-0.15, -0.1) is 0 Å². The summed E-state index contributed by atoms with van der Waals surface area (Å²) in [6.07, 6.45) is 0.231. The summed E-state index contributed by atoms with van der Waals surface area (Å²) in [4.78, 5) is 2.24. The molecule has 3 nitrogen and oxygen atoms in total. The molecule has 0 aromatic heterocycles. The minimum atomic E-state index is 0.115. The first kappa shape index (κ1) is 14.1. The first-order valence-corrected chi connectivity index (χ1v) is 7.34. The molecule has 1 heterocycles. The molecule has 1 aromatic carbocycles. The van der Waals surface area contributed by atoms with E-state index in [0.29, 0.717) is 0 Å². The minimum absolute atomic E-state index is 0.115. The van der Waals surface area contributed by atoms with Crippen molar-refractivity contribution in [3.05, 3.63) is 28.8 Å². The zero-order valence-corrected chi connectivity index (χ0v) is 12.9. The van der Waals surface area contributed by atoms with Crippen LogP contribution in [0.4, 0.5) is 5.69 Å². The second kappa shape index (κ2) is 6.24. The van der Waals surface area contributed by atoms with Crippen molar-refractivity contribution in [3.8, 4) is 0 Å². The number of hydrogen-bond acceptors (Lipinski definition) is 3. The second-order valence-corrected chi connectivity index (χ2v) is 5.33. The van der Waals surface area contributed by atoms with Crippen LogP contribution in [-0.4, -0.2) is 39.5 Å². The number of hydrogen-bond donors (Lipinski definition) is 0. The molecule has 0 radical (unpaired) electrons. The molecule has 1 saturated heterocycles. The Hall–Kier alpha value is -0.290. The lowest BCUT2D eigenvalue weighted by atomic mass is 10.2. The van der Waals surface area contributed by atoms with Gasteiger partial charge >= 0.3 is 0 Å². The largest absolute Gasteiger partial charge is 0.377 e. The summed E-state index contributed by atoms with van der Waals surface area (Å²) in [5, 5.41) is 1.56. The van der Waals surface area contributed by atoms with Crippen molar-refractivity contribution < 1.29 is 9.47 Å². The molecule has 0 bridgehead atoms. The topological polar surface area (TPSA) is 21.7 Å². The maximum Gasteiger partial charge on any atom is 0.102 e. The van der Waals surface area contributed by atoms with Gasteiger partial charge in [-0.05, 0) is 17.7 Å². The zero-order chi connectivity index (χ0) is 13.1. The molecule has 0 spiro atoms. The molecule has 0 saturated carbocycles. The van der Waals surface area contributed by atoms with E-state index in [2.05, 4.69) is 26.9 Å². The molecule has 1 aliphatic heterocycles. The van der Waals surface area contributed by atoms with E-state index in [0.717, 1.165) is 34.7 Å². The Kier molecular flexibility index (Phi) is 4.90. The van der Waals surface area contributed by atoms with Gasteiger partial charge in [-0.25, -0.2) is 0 Å². The van der Waals surface area contributed by atoms with Crippen LogP contribution >= 0.6 is 27.5 Å². The SMILES string of the molecule is COC1CN(c2ccc(CBr)c(Cl)c2)CC1OC. The Bertz CT molecular complexity index is 404. The lowest BCUT2D eigenvalue weighted by Crippen LogP contribution is -2.27. The molecule has 0 aliphatic carbocycles. The number of alkyl halides is 1. The van der Waals surface area contributed by atoms with Gasteiger partial charge in [0.1, 0.15) is 12.2 Å². The minimum Gasteiger partial charge on any atom is -0.377 e. The smallest absolute Gasteiger partial charge is 0.102 e. The van der Waals surface area contributed by atoms with Crippen molar-refractivity contribution in [2.24, 2.45) is 0 Å². The summed E-state index contributed by atoms with van der Waals surface area (Å²) in [5.41, 5.74) is 2.22. The van der Waals surface area contributed by atoms with Gasteiger partial charge in [-0.2, -0.15) is 0 Å². The highest BCUT2D eigenvalue weighted by Gasteiger charge is 2.33. The van der Waals surface area contributed by atoms with Crippen LogP contribution < -0.4 is 4.90 Å². The Morgan fingerprint density at radius 2 is 1.89 bits per heavy atom. The van der Waals surface area contributed by atoms with E-state index in [1.807, 2.05) is 12.1 Å². The Morgan fingerprint density at radius 1 is 1.28 bits per heavy atom. The highest BCUT2D eigenvalue weighted by molar-refractivity contribution is 9.08. The average molecular weight is 335 g/mol. The van der Waals surface area contributed by atoms with Crippen LogP contribution in [0.2, 0.25) is 5.02 Å².